The maximum absolute atomic E-state index is 2.67. The fourth-order valence-electron chi connectivity index (χ4n) is 12.1. The first kappa shape index (κ1) is 32.4. The van der Waals surface area contributed by atoms with Gasteiger partial charge in [0.25, 0.3) is 0 Å². The number of aryl methyl sites for hydroxylation is 2. The van der Waals surface area contributed by atoms with Gasteiger partial charge >= 0.3 is 0 Å². The zero-order chi connectivity index (χ0) is 38.0. The lowest BCUT2D eigenvalue weighted by Gasteiger charge is -2.46. The van der Waals surface area contributed by atoms with Crippen molar-refractivity contribution in [3.8, 4) is 11.4 Å². The Hall–Kier alpha value is -6.64. The molecule has 6 aromatic carbocycles. The van der Waals surface area contributed by atoms with Gasteiger partial charge in [0, 0.05) is 22.2 Å². The molecular weight excluding hydrogens is 701 g/mol. The number of aromatic nitrogens is 2. The third-order valence-corrected chi connectivity index (χ3v) is 14.3. The van der Waals surface area contributed by atoms with E-state index < -0.39 is 10.8 Å². The van der Waals surface area contributed by atoms with Crippen molar-refractivity contribution < 1.29 is 0 Å². The van der Waals surface area contributed by atoms with Crippen molar-refractivity contribution in [1.29, 1.82) is 0 Å². The SMILES string of the molecule is C1=CCCC(C2(c3ccccc3)c3cc4c(cc3-n3c5c(c6cccc2c63)CCC=C5)C(c2ccccc2)(c2ccccc2)c2cccc3c5c(n-4c23)C=CCC5)=C1. The second-order valence-corrected chi connectivity index (χ2v) is 16.8. The van der Waals surface area contributed by atoms with Crippen LogP contribution in [0.3, 0.4) is 0 Å². The molecule has 8 aromatic rings. The van der Waals surface area contributed by atoms with Gasteiger partial charge in [-0.1, -0.05) is 163 Å². The lowest BCUT2D eigenvalue weighted by Crippen LogP contribution is -2.39. The van der Waals surface area contributed by atoms with E-state index in [1.54, 1.807) is 0 Å². The summed E-state index contributed by atoms with van der Waals surface area (Å²) in [4.78, 5) is 0. The number of allylic oxidation sites excluding steroid dienone is 6. The first-order valence-electron chi connectivity index (χ1n) is 21.2. The van der Waals surface area contributed by atoms with Crippen LogP contribution in [0.2, 0.25) is 0 Å². The molecule has 5 aliphatic rings. The molecule has 1 atom stereocenters. The normalized spacial score (nSPS) is 19.1. The van der Waals surface area contributed by atoms with Crippen molar-refractivity contribution in [3.05, 3.63) is 237 Å². The smallest absolute Gasteiger partial charge is 0.0743 e. The molecule has 0 saturated heterocycles. The van der Waals surface area contributed by atoms with E-state index in [1.807, 2.05) is 0 Å². The van der Waals surface area contributed by atoms with Crippen LogP contribution < -0.4 is 0 Å². The average molecular weight is 743 g/mol. The Balaban J connectivity index is 1.30. The Morgan fingerprint density at radius 1 is 0.414 bits per heavy atom. The van der Waals surface area contributed by atoms with Gasteiger partial charge in [-0.3, -0.25) is 0 Å². The van der Waals surface area contributed by atoms with Crippen LogP contribution in [0.4, 0.5) is 0 Å². The number of hydrogen-bond acceptors (Lipinski definition) is 0. The Morgan fingerprint density at radius 3 is 1.38 bits per heavy atom. The predicted molar refractivity (Wildman–Crippen MR) is 239 cm³/mol. The van der Waals surface area contributed by atoms with E-state index in [0.29, 0.717) is 0 Å². The lowest BCUT2D eigenvalue weighted by atomic mass is 9.59. The van der Waals surface area contributed by atoms with E-state index in [0.717, 1.165) is 38.5 Å². The largest absolute Gasteiger partial charge is 0.309 e. The van der Waals surface area contributed by atoms with Gasteiger partial charge in [0.1, 0.15) is 0 Å². The molecule has 2 aliphatic heterocycles. The first-order valence-corrected chi connectivity index (χ1v) is 21.2. The predicted octanol–water partition coefficient (Wildman–Crippen LogP) is 13.1. The van der Waals surface area contributed by atoms with Crippen molar-refractivity contribution >= 4 is 34.0 Å². The topological polar surface area (TPSA) is 9.86 Å². The molecule has 2 nitrogen and oxygen atoms in total. The number of fused-ring (bicyclic) bond motifs is 10. The molecule has 0 bridgehead atoms. The molecule has 0 amide bonds. The maximum Gasteiger partial charge on any atom is 0.0743 e. The molecule has 2 heteroatoms. The van der Waals surface area contributed by atoms with Crippen LogP contribution >= 0.6 is 0 Å². The quantitative estimate of drug-likeness (QED) is 0.170. The van der Waals surface area contributed by atoms with Crippen molar-refractivity contribution in [2.75, 3.05) is 0 Å². The van der Waals surface area contributed by atoms with Crippen LogP contribution in [0, 0.1) is 0 Å². The Bertz CT molecular complexity index is 3110. The Kier molecular flexibility index (Phi) is 6.68. The lowest BCUT2D eigenvalue weighted by molar-refractivity contribution is 0.657. The number of nitrogens with zero attached hydrogens (tertiary/aromatic N) is 2. The highest BCUT2D eigenvalue weighted by atomic mass is 15.0. The van der Waals surface area contributed by atoms with Gasteiger partial charge in [0.2, 0.25) is 0 Å². The number of para-hydroxylation sites is 2. The molecule has 2 aromatic heterocycles. The molecule has 0 fully saturated rings. The molecule has 4 heterocycles. The van der Waals surface area contributed by atoms with Gasteiger partial charge in [0.15, 0.2) is 0 Å². The van der Waals surface area contributed by atoms with Gasteiger partial charge in [0.05, 0.1) is 33.2 Å². The fraction of sp³-hybridized carbons (Fsp3) is 0.143. The van der Waals surface area contributed by atoms with Crippen LogP contribution in [0.25, 0.3) is 45.3 Å². The highest BCUT2D eigenvalue weighted by Gasteiger charge is 2.51. The summed E-state index contributed by atoms with van der Waals surface area (Å²) in [6.07, 6.45) is 23.0. The molecule has 58 heavy (non-hydrogen) atoms. The zero-order valence-corrected chi connectivity index (χ0v) is 32.5. The van der Waals surface area contributed by atoms with E-state index in [9.17, 15) is 0 Å². The molecule has 0 radical (unpaired) electrons. The highest BCUT2D eigenvalue weighted by Crippen LogP contribution is 2.60. The molecule has 3 aliphatic carbocycles. The third-order valence-electron chi connectivity index (χ3n) is 14.3. The molecular formula is C56H42N2. The molecule has 0 N–H and O–H groups in total. The molecule has 13 rings (SSSR count). The monoisotopic (exact) mass is 742 g/mol. The molecule has 1 unspecified atom stereocenters. The van der Waals surface area contributed by atoms with E-state index in [4.69, 9.17) is 0 Å². The Labute approximate surface area is 339 Å². The number of benzene rings is 6. The second-order valence-electron chi connectivity index (χ2n) is 16.8. The van der Waals surface area contributed by atoms with Crippen molar-refractivity contribution in [2.45, 2.75) is 49.4 Å². The maximum atomic E-state index is 2.67. The highest BCUT2D eigenvalue weighted by molar-refractivity contribution is 6.00. The zero-order valence-electron chi connectivity index (χ0n) is 32.5. The minimum Gasteiger partial charge on any atom is -0.309 e. The van der Waals surface area contributed by atoms with Crippen LogP contribution in [0.5, 0.6) is 0 Å². The summed E-state index contributed by atoms with van der Waals surface area (Å²) < 4.78 is 5.34. The number of hydrogen-bond donors (Lipinski definition) is 0. The van der Waals surface area contributed by atoms with Crippen LogP contribution in [0.1, 0.15) is 87.1 Å². The van der Waals surface area contributed by atoms with E-state index in [-0.39, 0.29) is 0 Å². The fourth-order valence-corrected chi connectivity index (χ4v) is 12.1. The van der Waals surface area contributed by atoms with Gasteiger partial charge in [-0.05, 0) is 113 Å². The summed E-state index contributed by atoms with van der Waals surface area (Å²) in [5.41, 5.74) is 20.6. The van der Waals surface area contributed by atoms with Crippen molar-refractivity contribution in [2.24, 2.45) is 0 Å². The third kappa shape index (κ3) is 3.93. The summed E-state index contributed by atoms with van der Waals surface area (Å²) in [5.74, 6) is 0. The van der Waals surface area contributed by atoms with E-state index in [1.165, 1.54) is 100 Å². The van der Waals surface area contributed by atoms with Crippen LogP contribution in [-0.4, -0.2) is 9.13 Å². The van der Waals surface area contributed by atoms with Crippen molar-refractivity contribution in [1.82, 2.24) is 9.13 Å². The van der Waals surface area contributed by atoms with Gasteiger partial charge in [-0.25, -0.2) is 0 Å². The van der Waals surface area contributed by atoms with Crippen LogP contribution in [-0.2, 0) is 23.7 Å². The summed E-state index contributed by atoms with van der Waals surface area (Å²) >= 11 is 0. The van der Waals surface area contributed by atoms with E-state index in [2.05, 4.69) is 191 Å². The average Bonchev–Trinajstić information content (AvgIpc) is 3.83. The van der Waals surface area contributed by atoms with E-state index >= 15 is 0 Å². The summed E-state index contributed by atoms with van der Waals surface area (Å²) in [5, 5.41) is 2.77. The molecule has 276 valence electrons. The first-order chi connectivity index (χ1) is 28.8. The summed E-state index contributed by atoms with van der Waals surface area (Å²) in [7, 11) is 0. The van der Waals surface area contributed by atoms with Gasteiger partial charge in [-0.15, -0.1) is 0 Å². The number of rotatable bonds is 4. The second kappa shape index (κ2) is 11.9. The molecule has 0 spiro atoms. The van der Waals surface area contributed by atoms with Gasteiger partial charge < -0.3 is 9.13 Å². The van der Waals surface area contributed by atoms with Crippen LogP contribution in [0.15, 0.2) is 175 Å². The van der Waals surface area contributed by atoms with Crippen molar-refractivity contribution in [3.63, 3.8) is 0 Å². The standard InChI is InChI=1S/C56H42N2/c1-5-19-37(20-6-1)55(38-21-7-2-8-22-38)45-31-17-29-43-41-27-13-15-33-49(41)57(53(43)45)51-36-48-52(35-47(51)55)58-50-34-16-14-28-42(50)44-30-18-32-46(54(44)58)56(48,39-23-9-3-10-24-39)40-25-11-4-12-26-40/h1-11,15-25,29-36H,12-14,26-28H2. The summed E-state index contributed by atoms with van der Waals surface area (Å²) in [6, 6.07) is 53.8. The Morgan fingerprint density at radius 2 is 0.879 bits per heavy atom. The molecule has 0 saturated carbocycles. The summed E-state index contributed by atoms with van der Waals surface area (Å²) in [6.45, 7) is 0. The van der Waals surface area contributed by atoms with Gasteiger partial charge in [-0.2, -0.15) is 0 Å². The minimum absolute atomic E-state index is 0.502. The minimum atomic E-state index is -0.575.